The van der Waals surface area contributed by atoms with Crippen LogP contribution in [0.15, 0.2) is 24.3 Å². The summed E-state index contributed by atoms with van der Waals surface area (Å²) in [5.74, 6) is 4.15. The van der Waals surface area contributed by atoms with Gasteiger partial charge >= 0.3 is 0 Å². The maximum absolute atomic E-state index is 12.9. The highest BCUT2D eigenvalue weighted by Gasteiger charge is 2.69. The largest absolute Gasteiger partial charge is 0.508 e. The summed E-state index contributed by atoms with van der Waals surface area (Å²) in [7, 11) is 0. The lowest BCUT2D eigenvalue weighted by molar-refractivity contribution is -0.273. The molecule has 2 aliphatic heterocycles. The molecule has 12 atom stereocenters. The number of carbonyl (C=O) groups excluding carboxylic acids is 2. The third kappa shape index (κ3) is 5.52. The van der Waals surface area contributed by atoms with Gasteiger partial charge in [-0.3, -0.25) is 9.59 Å². The number of phenols is 1. The molecule has 1 unspecified atom stereocenters. The Labute approximate surface area is 270 Å². The predicted molar refractivity (Wildman–Crippen MR) is 173 cm³/mol. The van der Waals surface area contributed by atoms with Gasteiger partial charge in [0.25, 0.3) is 0 Å². The van der Waals surface area contributed by atoms with Gasteiger partial charge < -0.3 is 25.2 Å². The summed E-state index contributed by atoms with van der Waals surface area (Å²) in [5.41, 5.74) is 1.72. The van der Waals surface area contributed by atoms with E-state index in [9.17, 15) is 14.7 Å². The Hall–Kier alpha value is -2.12. The van der Waals surface area contributed by atoms with Gasteiger partial charge in [0, 0.05) is 24.9 Å². The number of hydrogen-bond donors (Lipinski definition) is 3. The molecule has 2 saturated heterocycles. The molecular weight excluding hydrogens is 564 g/mol. The Morgan fingerprint density at radius 1 is 0.911 bits per heavy atom. The van der Waals surface area contributed by atoms with Crippen molar-refractivity contribution in [2.45, 2.75) is 123 Å². The van der Waals surface area contributed by atoms with Crippen LogP contribution >= 0.6 is 0 Å². The first kappa shape index (κ1) is 31.5. The normalized spacial score (nSPS) is 45.2. The third-order valence-electron chi connectivity index (χ3n) is 14.3. The van der Waals surface area contributed by atoms with Gasteiger partial charge in [0.05, 0.1) is 12.7 Å². The summed E-state index contributed by atoms with van der Waals surface area (Å²) in [6.45, 7) is 11.3. The van der Waals surface area contributed by atoms with Gasteiger partial charge in [-0.25, -0.2) is 0 Å². The lowest BCUT2D eigenvalue weighted by atomic mass is 9.44. The standard InChI is InChI=1S/C38H56N2O5/c1-23-11-17-38(44-22-23)24(2)35-32(45-38)20-31-29-10-7-26-19-27(12-15-36(26,3)30(29)13-16-37(31,35)4)40-34(43)21-33(42)39-18-14-25-5-8-28(41)9-6-25/h5-6,8-9,23-24,26-27,29-32,35,41H,7,10-22H2,1-4H3,(H,39,42)(H,40,43)/t23-,24+,26+,27?,29-,30+,31+,32+,35+,36+,37+,38-/m1/s1. The molecule has 45 heavy (non-hydrogen) atoms. The predicted octanol–water partition coefficient (Wildman–Crippen LogP) is 6.37. The molecule has 1 aromatic rings. The number of rotatable bonds is 6. The van der Waals surface area contributed by atoms with E-state index in [1.807, 2.05) is 12.1 Å². The van der Waals surface area contributed by atoms with Crippen LogP contribution < -0.4 is 10.6 Å². The van der Waals surface area contributed by atoms with E-state index >= 15 is 0 Å². The monoisotopic (exact) mass is 620 g/mol. The van der Waals surface area contributed by atoms with Crippen LogP contribution in [0.5, 0.6) is 5.75 Å². The number of fused-ring (bicyclic) bond motifs is 7. The minimum Gasteiger partial charge on any atom is -0.508 e. The second-order valence-corrected chi connectivity index (χ2v) is 16.7. The Bertz CT molecular complexity index is 1260. The Morgan fingerprint density at radius 3 is 2.44 bits per heavy atom. The van der Waals surface area contributed by atoms with Crippen molar-refractivity contribution in [2.75, 3.05) is 13.2 Å². The van der Waals surface area contributed by atoms with Gasteiger partial charge in [0.2, 0.25) is 11.8 Å². The van der Waals surface area contributed by atoms with Crippen molar-refractivity contribution in [3.63, 3.8) is 0 Å². The van der Waals surface area contributed by atoms with Gasteiger partial charge in [-0.15, -0.1) is 0 Å². The number of benzene rings is 1. The van der Waals surface area contributed by atoms with E-state index < -0.39 is 0 Å². The molecule has 0 radical (unpaired) electrons. The zero-order valence-electron chi connectivity index (χ0n) is 28.0. The summed E-state index contributed by atoms with van der Waals surface area (Å²) in [5, 5.41) is 15.5. The van der Waals surface area contributed by atoms with Crippen molar-refractivity contribution < 1.29 is 24.2 Å². The molecule has 7 heteroatoms. The number of aromatic hydroxyl groups is 1. The fraction of sp³-hybridized carbons (Fsp3) is 0.789. The van der Waals surface area contributed by atoms with Gasteiger partial charge in [-0.05, 0) is 128 Å². The van der Waals surface area contributed by atoms with Crippen LogP contribution in [0.2, 0.25) is 0 Å². The quantitative estimate of drug-likeness (QED) is 0.321. The molecule has 7 rings (SSSR count). The highest BCUT2D eigenvalue weighted by Crippen LogP contribution is 2.71. The molecule has 3 N–H and O–H groups in total. The zero-order chi connectivity index (χ0) is 31.6. The maximum atomic E-state index is 12.9. The van der Waals surface area contributed by atoms with E-state index in [1.165, 1.54) is 44.9 Å². The van der Waals surface area contributed by atoms with Crippen molar-refractivity contribution in [2.24, 2.45) is 52.3 Å². The maximum Gasteiger partial charge on any atom is 0.229 e. The summed E-state index contributed by atoms with van der Waals surface area (Å²) < 4.78 is 13.5. The first-order valence-electron chi connectivity index (χ1n) is 18.2. The molecule has 2 amide bonds. The molecule has 2 heterocycles. The van der Waals surface area contributed by atoms with Crippen LogP contribution in [0.25, 0.3) is 0 Å². The fourth-order valence-electron chi connectivity index (χ4n) is 11.9. The molecule has 4 saturated carbocycles. The second-order valence-electron chi connectivity index (χ2n) is 16.7. The lowest BCUT2D eigenvalue weighted by Gasteiger charge is -2.61. The van der Waals surface area contributed by atoms with E-state index in [1.54, 1.807) is 12.1 Å². The van der Waals surface area contributed by atoms with Gasteiger partial charge in [-0.1, -0.05) is 39.8 Å². The molecule has 4 aliphatic carbocycles. The summed E-state index contributed by atoms with van der Waals surface area (Å²) in [4.78, 5) is 25.3. The number of hydrogen-bond acceptors (Lipinski definition) is 5. The van der Waals surface area contributed by atoms with E-state index in [-0.39, 0.29) is 35.8 Å². The number of phenolic OH excluding ortho intramolecular Hbond substituents is 1. The molecule has 248 valence electrons. The molecular formula is C38H56N2O5. The Morgan fingerprint density at radius 2 is 1.69 bits per heavy atom. The van der Waals surface area contributed by atoms with Crippen LogP contribution in [-0.2, 0) is 25.5 Å². The van der Waals surface area contributed by atoms with Crippen LogP contribution in [0, 0.1) is 52.3 Å². The van der Waals surface area contributed by atoms with Crippen molar-refractivity contribution in [1.29, 1.82) is 0 Å². The van der Waals surface area contributed by atoms with Gasteiger partial charge in [0.1, 0.15) is 12.2 Å². The average Bonchev–Trinajstić information content (AvgIpc) is 3.45. The van der Waals surface area contributed by atoms with Crippen LogP contribution in [0.1, 0.15) is 104 Å². The molecule has 0 bridgehead atoms. The molecule has 6 aliphatic rings. The van der Waals surface area contributed by atoms with Crippen molar-refractivity contribution >= 4 is 11.8 Å². The molecule has 6 fully saturated rings. The number of carbonyl (C=O) groups is 2. The molecule has 0 aromatic heterocycles. The topological polar surface area (TPSA) is 96.9 Å². The SMILES string of the molecule is C[C@@H]1CC[C@@]2(OC1)O[C@H]1C[C@H]3[C@@H]4CC[C@H]5CC(NC(=O)CC(=O)NCCc6ccc(O)cc6)CC[C@]5(C)[C@H]4CC[C@]3(C)[C@H]1[C@@H]2C. The van der Waals surface area contributed by atoms with E-state index in [0.29, 0.717) is 53.6 Å². The van der Waals surface area contributed by atoms with Crippen molar-refractivity contribution in [3.05, 3.63) is 29.8 Å². The molecule has 1 aromatic carbocycles. The highest BCUT2D eigenvalue weighted by atomic mass is 16.7. The summed E-state index contributed by atoms with van der Waals surface area (Å²) in [6.07, 6.45) is 12.8. The van der Waals surface area contributed by atoms with Gasteiger partial charge in [-0.2, -0.15) is 0 Å². The van der Waals surface area contributed by atoms with Crippen LogP contribution in [0.3, 0.4) is 0 Å². The number of nitrogens with one attached hydrogen (secondary N) is 2. The van der Waals surface area contributed by atoms with Crippen LogP contribution in [-0.4, -0.2) is 48.0 Å². The number of ether oxygens (including phenoxy) is 2. The second kappa shape index (κ2) is 11.8. The van der Waals surface area contributed by atoms with E-state index in [4.69, 9.17) is 9.47 Å². The minimum atomic E-state index is -0.340. The Balaban J connectivity index is 0.919. The first-order chi connectivity index (χ1) is 21.5. The smallest absolute Gasteiger partial charge is 0.229 e. The number of amides is 2. The highest BCUT2D eigenvalue weighted by molar-refractivity contribution is 5.96. The van der Waals surface area contributed by atoms with E-state index in [2.05, 4.69) is 38.3 Å². The zero-order valence-corrected chi connectivity index (χ0v) is 28.0. The van der Waals surface area contributed by atoms with Crippen LogP contribution in [0.4, 0.5) is 0 Å². The lowest BCUT2D eigenvalue weighted by Crippen LogP contribution is -2.56. The van der Waals surface area contributed by atoms with E-state index in [0.717, 1.165) is 49.2 Å². The summed E-state index contributed by atoms with van der Waals surface area (Å²) >= 11 is 0. The van der Waals surface area contributed by atoms with Gasteiger partial charge in [0.15, 0.2) is 5.79 Å². The molecule has 7 nitrogen and oxygen atoms in total. The third-order valence-corrected chi connectivity index (χ3v) is 14.3. The average molecular weight is 621 g/mol. The molecule has 1 spiro atoms. The van der Waals surface area contributed by atoms with Crippen molar-refractivity contribution in [3.8, 4) is 5.75 Å². The van der Waals surface area contributed by atoms with Crippen molar-refractivity contribution in [1.82, 2.24) is 10.6 Å². The summed E-state index contributed by atoms with van der Waals surface area (Å²) in [6, 6.07) is 7.15. The minimum absolute atomic E-state index is 0.118. The first-order valence-corrected chi connectivity index (χ1v) is 18.2. The fourth-order valence-corrected chi connectivity index (χ4v) is 11.9. The Kier molecular flexibility index (Phi) is 8.28.